The Morgan fingerprint density at radius 2 is 1.02 bits per heavy atom. The Hall–Kier alpha value is -9.13. The molecule has 12 N–H and O–H groups in total. The monoisotopic (exact) mass is 1290 g/mol. The fourth-order valence-corrected chi connectivity index (χ4v) is 11.5. The molecule has 476 valence electrons. The Morgan fingerprint density at radius 1 is 0.663 bits per heavy atom. The van der Waals surface area contributed by atoms with E-state index in [1.54, 1.807) is 48.2 Å². The minimum absolute atomic E-state index is 0.00717. The molecule has 0 bridgehead atoms. The second-order valence-electron chi connectivity index (χ2n) is 21.9. The van der Waals surface area contributed by atoms with Crippen molar-refractivity contribution in [2.24, 2.45) is 35.9 Å². The van der Waals surface area contributed by atoms with Gasteiger partial charge in [0.05, 0.1) is 60.8 Å². The zero-order valence-electron chi connectivity index (χ0n) is 49.7. The highest BCUT2D eigenvalue weighted by Gasteiger charge is 2.61. The number of benzene rings is 2. The van der Waals surface area contributed by atoms with E-state index in [9.17, 15) is 47.4 Å². The minimum atomic E-state index is -5.35. The fraction of sp³-hybridized carbons (Fsp3) is 0.407. The number of likely N-dealkylation sites (N-methyl/N-ethyl adjacent to an activating group) is 2. The number of carbonyl (C=O) groups excluding carboxylic acids is 4. The number of oxime groups is 2. The number of nitrogens with two attached hydrogens (primary N) is 4. The van der Waals surface area contributed by atoms with E-state index in [2.05, 4.69) is 30.9 Å². The van der Waals surface area contributed by atoms with Gasteiger partial charge in [0.2, 0.25) is 24.6 Å². The lowest BCUT2D eigenvalue weighted by atomic mass is 9.84. The Balaban J connectivity index is 0.875. The van der Waals surface area contributed by atoms with Crippen molar-refractivity contribution in [3.8, 4) is 22.3 Å². The summed E-state index contributed by atoms with van der Waals surface area (Å²) in [6.45, 7) is 7.41. The van der Waals surface area contributed by atoms with Crippen LogP contribution in [-0.2, 0) is 84.6 Å². The van der Waals surface area contributed by atoms with Crippen LogP contribution < -0.4 is 52.7 Å². The van der Waals surface area contributed by atoms with E-state index < -0.39 is 92.8 Å². The van der Waals surface area contributed by atoms with Crippen molar-refractivity contribution in [3.05, 3.63) is 95.5 Å². The van der Waals surface area contributed by atoms with Crippen LogP contribution in [0.1, 0.15) is 51.9 Å². The number of anilines is 4. The number of aryl methyl sites for hydroxylation is 4. The average Bonchev–Trinajstić information content (AvgIpc) is 1.44. The molecule has 0 radical (unpaired) electrons. The summed E-state index contributed by atoms with van der Waals surface area (Å²) in [5.41, 5.74) is 23.4. The molecular formula is C54H70N18O14S3+2. The van der Waals surface area contributed by atoms with Crippen LogP contribution in [0.2, 0.25) is 0 Å². The second kappa shape index (κ2) is 27.1. The molecule has 2 aliphatic rings. The number of β-lactam (4-membered cyclic amide) rings is 2. The van der Waals surface area contributed by atoms with Crippen LogP contribution in [0.15, 0.2) is 94.4 Å². The summed E-state index contributed by atoms with van der Waals surface area (Å²) < 4.78 is 45.1. The van der Waals surface area contributed by atoms with Crippen molar-refractivity contribution < 1.29 is 75.0 Å². The van der Waals surface area contributed by atoms with Gasteiger partial charge in [-0.3, -0.25) is 19.2 Å². The van der Waals surface area contributed by atoms with E-state index in [0.717, 1.165) is 70.9 Å². The van der Waals surface area contributed by atoms with E-state index in [1.165, 1.54) is 38.5 Å². The summed E-state index contributed by atoms with van der Waals surface area (Å²) in [5, 5.41) is 36.5. The lowest BCUT2D eigenvalue weighted by Crippen LogP contribution is -2.78. The molecule has 35 heteroatoms. The molecule has 32 nitrogen and oxygen atoms in total. The summed E-state index contributed by atoms with van der Waals surface area (Å²) in [5.74, 6) is -7.27. The first kappa shape index (κ1) is 65.8. The van der Waals surface area contributed by atoms with Crippen molar-refractivity contribution in [1.29, 1.82) is 0 Å². The number of hydrogen-bond donors (Lipinski definition) is 8. The van der Waals surface area contributed by atoms with Gasteiger partial charge in [0, 0.05) is 36.2 Å². The highest BCUT2D eigenvalue weighted by molar-refractivity contribution is 7.81. The maximum absolute atomic E-state index is 14.0. The number of aliphatic carboxylic acids is 2. The van der Waals surface area contributed by atoms with Crippen molar-refractivity contribution in [3.63, 3.8) is 0 Å². The smallest absolute Gasteiger partial charge is 0.442 e. The molecule has 4 atom stereocenters. The topological polar surface area (TPSA) is 423 Å². The van der Waals surface area contributed by atoms with Gasteiger partial charge in [-0.05, 0) is 89.0 Å². The molecule has 2 fully saturated rings. The molecule has 6 aromatic rings. The first-order valence-electron chi connectivity index (χ1n) is 27.5. The van der Waals surface area contributed by atoms with Gasteiger partial charge >= 0.3 is 22.3 Å². The molecule has 0 saturated carbocycles. The van der Waals surface area contributed by atoms with Gasteiger partial charge in [-0.15, -0.1) is 40.6 Å². The number of thiazole rings is 2. The molecule has 2 aromatic carbocycles. The minimum Gasteiger partial charge on any atom is -0.478 e. The van der Waals surface area contributed by atoms with E-state index in [1.807, 2.05) is 81.9 Å². The summed E-state index contributed by atoms with van der Waals surface area (Å²) in [6.07, 6.45) is 6.28. The van der Waals surface area contributed by atoms with E-state index in [-0.39, 0.29) is 34.7 Å². The number of aromatic nitrogens is 6. The largest absolute Gasteiger partial charge is 0.478 e. The molecule has 2 aliphatic heterocycles. The second-order valence-corrected chi connectivity index (χ2v) is 24.8. The summed E-state index contributed by atoms with van der Waals surface area (Å²) in [6, 6.07) is 11.7. The quantitative estimate of drug-likeness (QED) is 0.0124. The van der Waals surface area contributed by atoms with Crippen molar-refractivity contribution in [2.45, 2.75) is 89.0 Å². The number of carboxylic acids is 2. The SMILES string of the molecule is CN(CC(O/N=C(\C(=O)N[C@@H]1C(=O)N(OS(=O)(=O)ON2C(=O)[C@@H](NC(=O)/C(=N\OC(CN(C)c3ccc(-c4cn(CCCN)[n+](C)c4)cc3)C(=O)O)c3csc(N)n3)C2(C)C)C1(C)C)c1csc(N)n1)C(=O)O)c1ccc(-c2cn(CCCN)[n+](C)c2)cc1. The number of rotatable bonds is 30. The van der Waals surface area contributed by atoms with Gasteiger partial charge < -0.3 is 63.3 Å². The molecule has 0 aliphatic carbocycles. The predicted octanol–water partition coefficient (Wildman–Crippen LogP) is -0.312. The number of nitrogen functional groups attached to an aromatic ring is 2. The molecule has 4 aromatic heterocycles. The number of hydroxylamine groups is 4. The van der Waals surface area contributed by atoms with Crippen LogP contribution in [0, 0.1) is 0 Å². The Labute approximate surface area is 518 Å². The number of nitrogens with one attached hydrogen (secondary N) is 2. The third kappa shape index (κ3) is 14.9. The van der Waals surface area contributed by atoms with Crippen molar-refractivity contribution >= 4 is 102 Å². The Kier molecular flexibility index (Phi) is 20.0. The average molecular weight is 1290 g/mol. The standard InChI is InChI=1S/C54H68N18O14S3/c1-53(2)43(61-45(73)41(37-29-87-51(57)59-37)63-83-39(49(77)78)27-65(5)35-15-11-31(12-16-35)33-23-67(7)69(25-33)21-9-19-55)47(75)71(53)85-89(81,82)86-72-48(76)44(54(72,3)4)62-46(74)42(38-30-88-52(58)60-38)64-84-40(50(79)80)28-66(6)36-17-13-32(14-18-36)34-24-68(8)70(26-34)22-10-20-56/h11-18,23-26,29-30,39-40,43-44H,9-10,19-22,27-28,55-56H2,1-8H3,(H6-2,57,58,59,60,61,62,73,74,77,78,79,80)/p+2/b63-41-,64-42-/t39?,40?,43-,44-/m1/s1. The maximum Gasteiger partial charge on any atom is 0.442 e. The predicted molar refractivity (Wildman–Crippen MR) is 324 cm³/mol. The van der Waals surface area contributed by atoms with Crippen molar-refractivity contribution in [2.75, 3.05) is 61.5 Å². The molecule has 0 spiro atoms. The van der Waals surface area contributed by atoms with Crippen LogP contribution in [0.4, 0.5) is 21.6 Å². The number of carboxylic acid groups (broad SMARTS) is 2. The summed E-state index contributed by atoms with van der Waals surface area (Å²) in [4.78, 5) is 103. The highest BCUT2D eigenvalue weighted by Crippen LogP contribution is 2.37. The molecule has 4 amide bonds. The maximum atomic E-state index is 14.0. The van der Waals surface area contributed by atoms with E-state index in [4.69, 9.17) is 41.2 Å². The van der Waals surface area contributed by atoms with Crippen LogP contribution >= 0.6 is 22.7 Å². The van der Waals surface area contributed by atoms with Gasteiger partial charge in [0.25, 0.3) is 23.6 Å². The lowest BCUT2D eigenvalue weighted by Gasteiger charge is -2.52. The lowest BCUT2D eigenvalue weighted by molar-refractivity contribution is -0.753. The number of carbonyl (C=O) groups is 6. The third-order valence-corrected chi connectivity index (χ3v) is 16.7. The van der Waals surface area contributed by atoms with Crippen molar-refractivity contribution in [1.82, 2.24) is 40.1 Å². The number of nitrogens with zero attached hydrogens (tertiary/aromatic N) is 12. The van der Waals surface area contributed by atoms with Crippen LogP contribution in [0.25, 0.3) is 22.3 Å². The molecule has 6 heterocycles. The number of amides is 4. The van der Waals surface area contributed by atoms with Gasteiger partial charge in [-0.1, -0.05) is 34.6 Å². The normalized spacial score (nSPS) is 17.1. The highest BCUT2D eigenvalue weighted by atomic mass is 32.3. The van der Waals surface area contributed by atoms with Gasteiger partial charge in [-0.2, -0.15) is 27.9 Å². The fourth-order valence-electron chi connectivity index (χ4n) is 9.49. The summed E-state index contributed by atoms with van der Waals surface area (Å²) in [7, 11) is 1.78. The van der Waals surface area contributed by atoms with Crippen LogP contribution in [0.5, 0.6) is 0 Å². The van der Waals surface area contributed by atoms with Crippen LogP contribution in [-0.4, -0.2) is 171 Å². The molecule has 2 saturated heterocycles. The zero-order chi connectivity index (χ0) is 64.9. The molecular weight excluding hydrogens is 1220 g/mol. The Bertz CT molecular complexity index is 3550. The van der Waals surface area contributed by atoms with E-state index >= 15 is 0 Å². The van der Waals surface area contributed by atoms with Crippen LogP contribution in [0.3, 0.4) is 0 Å². The van der Waals surface area contributed by atoms with Gasteiger partial charge in [0.15, 0.2) is 35.8 Å². The Morgan fingerprint density at radius 3 is 1.33 bits per heavy atom. The first-order valence-corrected chi connectivity index (χ1v) is 30.6. The van der Waals surface area contributed by atoms with Gasteiger partial charge in [0.1, 0.15) is 23.5 Å². The molecule has 2 unspecified atom stereocenters. The first-order chi connectivity index (χ1) is 42.0. The molecule has 8 rings (SSSR count). The zero-order valence-corrected chi connectivity index (χ0v) is 52.2. The van der Waals surface area contributed by atoms with E-state index in [0.29, 0.717) is 34.6 Å². The third-order valence-electron chi connectivity index (χ3n) is 14.7. The van der Waals surface area contributed by atoms with Gasteiger partial charge in [-0.25, -0.2) is 19.6 Å². The summed E-state index contributed by atoms with van der Waals surface area (Å²) >= 11 is 1.85. The number of hydrogen-bond acceptors (Lipinski definition) is 24. The molecule has 89 heavy (non-hydrogen) atoms.